The average molecular weight is 324 g/mol. The topological polar surface area (TPSA) is 118 Å². The van der Waals surface area contributed by atoms with Crippen LogP contribution in [0.2, 0.25) is 0 Å². The highest BCUT2D eigenvalue weighted by Crippen LogP contribution is 2.15. The van der Waals surface area contributed by atoms with E-state index in [2.05, 4.69) is 10.5 Å². The molecule has 2 rings (SSSR count). The summed E-state index contributed by atoms with van der Waals surface area (Å²) < 4.78 is 5.24. The lowest BCUT2D eigenvalue weighted by Crippen LogP contribution is -2.17. The van der Waals surface area contributed by atoms with Crippen molar-refractivity contribution in [2.45, 2.75) is 0 Å². The van der Waals surface area contributed by atoms with Crippen LogP contribution in [-0.2, 0) is 0 Å². The van der Waals surface area contributed by atoms with Crippen LogP contribution in [0.3, 0.4) is 0 Å². The van der Waals surface area contributed by atoms with Gasteiger partial charge in [-0.05, 0) is 24.3 Å². The van der Waals surface area contributed by atoms with Gasteiger partial charge in [0.1, 0.15) is 11.8 Å². The van der Waals surface area contributed by atoms with Gasteiger partial charge in [-0.15, -0.1) is 0 Å². The van der Waals surface area contributed by atoms with E-state index in [0.717, 1.165) is 0 Å². The van der Waals surface area contributed by atoms with Gasteiger partial charge in [0.15, 0.2) is 6.61 Å². The number of amides is 1. The minimum atomic E-state index is -0.544. The Labute approximate surface area is 137 Å². The van der Waals surface area contributed by atoms with Gasteiger partial charge in [0.05, 0.1) is 11.1 Å². The summed E-state index contributed by atoms with van der Waals surface area (Å²) in [6.45, 7) is -0.0972. The molecule has 1 amide bonds. The fraction of sp³-hybridized carbons (Fsp3) is 0.0625. The van der Waals surface area contributed by atoms with Crippen LogP contribution in [0.5, 0.6) is 5.75 Å². The van der Waals surface area contributed by atoms with Crippen LogP contribution >= 0.6 is 0 Å². The number of hydrogen-bond acceptors (Lipinski definition) is 6. The van der Waals surface area contributed by atoms with Crippen LogP contribution in [0, 0.1) is 21.4 Å². The van der Waals surface area contributed by atoms with Crippen molar-refractivity contribution < 1.29 is 14.5 Å². The maximum Gasteiger partial charge on any atom is 0.271 e. The Morgan fingerprint density at radius 1 is 1.29 bits per heavy atom. The molecule has 0 heterocycles. The van der Waals surface area contributed by atoms with Crippen LogP contribution in [0.4, 0.5) is 5.69 Å². The Bertz CT molecular complexity index is 810. The lowest BCUT2D eigenvalue weighted by Gasteiger charge is -2.05. The molecule has 0 radical (unpaired) electrons. The van der Waals surface area contributed by atoms with Crippen molar-refractivity contribution in [2.24, 2.45) is 5.10 Å². The molecule has 8 heteroatoms. The van der Waals surface area contributed by atoms with Crippen molar-refractivity contribution >= 4 is 17.8 Å². The zero-order valence-electron chi connectivity index (χ0n) is 12.4. The number of carbonyl (C=O) groups is 1. The molecule has 24 heavy (non-hydrogen) atoms. The maximum absolute atomic E-state index is 11.9. The average Bonchev–Trinajstić information content (AvgIpc) is 2.60. The molecule has 0 aliphatic rings. The first-order valence-corrected chi connectivity index (χ1v) is 6.78. The first-order chi connectivity index (χ1) is 11.6. The number of non-ortho nitro benzene ring substituents is 1. The SMILES string of the molecule is N#CCOc1ccccc1C=NNC(=O)c1ccc([N+](=O)[O-])cc1. The molecule has 0 aromatic heterocycles. The van der Waals surface area contributed by atoms with E-state index in [1.165, 1.54) is 30.5 Å². The van der Waals surface area contributed by atoms with E-state index in [-0.39, 0.29) is 17.9 Å². The van der Waals surface area contributed by atoms with Gasteiger partial charge in [-0.2, -0.15) is 10.4 Å². The number of hydrogen-bond donors (Lipinski definition) is 1. The largest absolute Gasteiger partial charge is 0.478 e. The predicted octanol–water partition coefficient (Wildman–Crippen LogP) is 2.26. The highest BCUT2D eigenvalue weighted by molar-refractivity contribution is 5.95. The Morgan fingerprint density at radius 3 is 2.67 bits per heavy atom. The monoisotopic (exact) mass is 324 g/mol. The number of nitrogens with one attached hydrogen (secondary N) is 1. The number of carbonyl (C=O) groups excluding carboxylic acids is 1. The quantitative estimate of drug-likeness (QED) is 0.497. The summed E-state index contributed by atoms with van der Waals surface area (Å²) in [7, 11) is 0. The lowest BCUT2D eigenvalue weighted by atomic mass is 10.2. The second-order valence-corrected chi connectivity index (χ2v) is 4.49. The summed E-state index contributed by atoms with van der Waals surface area (Å²) in [5, 5.41) is 22.9. The zero-order valence-corrected chi connectivity index (χ0v) is 12.4. The summed E-state index contributed by atoms with van der Waals surface area (Å²) in [6.07, 6.45) is 1.38. The van der Waals surface area contributed by atoms with Gasteiger partial charge < -0.3 is 4.74 Å². The normalized spacial score (nSPS) is 10.1. The fourth-order valence-corrected chi connectivity index (χ4v) is 1.79. The van der Waals surface area contributed by atoms with E-state index in [1.54, 1.807) is 24.3 Å². The van der Waals surface area contributed by atoms with E-state index in [1.807, 2.05) is 6.07 Å². The standard InChI is InChI=1S/C16H12N4O4/c17-9-10-24-15-4-2-1-3-13(15)11-18-19-16(21)12-5-7-14(8-6-12)20(22)23/h1-8,11H,10H2,(H,19,21). The van der Waals surface area contributed by atoms with Gasteiger partial charge >= 0.3 is 0 Å². The summed E-state index contributed by atoms with van der Waals surface area (Å²) in [4.78, 5) is 21.9. The molecular weight excluding hydrogens is 312 g/mol. The number of para-hydroxylation sites is 1. The van der Waals surface area contributed by atoms with Crippen LogP contribution in [0.25, 0.3) is 0 Å². The summed E-state index contributed by atoms with van der Waals surface area (Å²) in [5.41, 5.74) is 3.06. The second kappa shape index (κ2) is 8.05. The fourth-order valence-electron chi connectivity index (χ4n) is 1.79. The van der Waals surface area contributed by atoms with Gasteiger partial charge in [-0.3, -0.25) is 14.9 Å². The number of nitriles is 1. The summed E-state index contributed by atoms with van der Waals surface area (Å²) in [5.74, 6) is -0.0380. The van der Waals surface area contributed by atoms with Gasteiger partial charge in [0, 0.05) is 23.3 Å². The molecule has 0 saturated heterocycles. The molecule has 0 aliphatic heterocycles. The molecule has 120 valence electrons. The van der Waals surface area contributed by atoms with Crippen LogP contribution in [0.15, 0.2) is 53.6 Å². The first-order valence-electron chi connectivity index (χ1n) is 6.78. The van der Waals surface area contributed by atoms with Crippen molar-refractivity contribution in [3.05, 3.63) is 69.8 Å². The highest BCUT2D eigenvalue weighted by atomic mass is 16.6. The van der Waals surface area contributed by atoms with E-state index in [0.29, 0.717) is 11.3 Å². The minimum Gasteiger partial charge on any atom is -0.478 e. The number of nitro benzene ring substituents is 1. The molecule has 0 unspecified atom stereocenters. The van der Waals surface area contributed by atoms with Gasteiger partial charge in [0.2, 0.25) is 0 Å². The van der Waals surface area contributed by atoms with Gasteiger partial charge in [-0.1, -0.05) is 12.1 Å². The molecule has 2 aromatic carbocycles. The third kappa shape index (κ3) is 4.38. The smallest absolute Gasteiger partial charge is 0.271 e. The number of nitrogens with zero attached hydrogens (tertiary/aromatic N) is 3. The van der Waals surface area contributed by atoms with Crippen molar-refractivity contribution in [3.8, 4) is 11.8 Å². The third-order valence-corrected chi connectivity index (χ3v) is 2.92. The maximum atomic E-state index is 11.9. The molecular formula is C16H12N4O4. The molecule has 0 atom stereocenters. The molecule has 0 spiro atoms. The predicted molar refractivity (Wildman–Crippen MR) is 85.7 cm³/mol. The molecule has 0 fully saturated rings. The van der Waals surface area contributed by atoms with E-state index in [9.17, 15) is 14.9 Å². The number of hydrazone groups is 1. The number of ether oxygens (including phenoxy) is 1. The third-order valence-electron chi connectivity index (χ3n) is 2.92. The molecule has 0 saturated carbocycles. The first kappa shape index (κ1) is 16.6. The van der Waals surface area contributed by atoms with Crippen molar-refractivity contribution in [1.29, 1.82) is 5.26 Å². The highest BCUT2D eigenvalue weighted by Gasteiger charge is 2.08. The van der Waals surface area contributed by atoms with Crippen LogP contribution in [-0.4, -0.2) is 23.7 Å². The van der Waals surface area contributed by atoms with Gasteiger partial charge in [-0.25, -0.2) is 5.43 Å². The molecule has 0 aliphatic carbocycles. The number of rotatable bonds is 6. The Balaban J connectivity index is 2.02. The van der Waals surface area contributed by atoms with E-state index >= 15 is 0 Å². The minimum absolute atomic E-state index is 0.0972. The number of benzene rings is 2. The van der Waals surface area contributed by atoms with Crippen LogP contribution < -0.4 is 10.2 Å². The van der Waals surface area contributed by atoms with Crippen LogP contribution in [0.1, 0.15) is 15.9 Å². The zero-order chi connectivity index (χ0) is 17.4. The summed E-state index contributed by atoms with van der Waals surface area (Å²) in [6, 6.07) is 13.9. The molecule has 0 bridgehead atoms. The number of nitro groups is 1. The molecule has 2 aromatic rings. The molecule has 1 N–H and O–H groups in total. The van der Waals surface area contributed by atoms with E-state index in [4.69, 9.17) is 10.00 Å². The van der Waals surface area contributed by atoms with Crippen molar-refractivity contribution in [2.75, 3.05) is 6.61 Å². The van der Waals surface area contributed by atoms with Gasteiger partial charge in [0.25, 0.3) is 11.6 Å². The Kier molecular flexibility index (Phi) is 5.58. The Morgan fingerprint density at radius 2 is 2.00 bits per heavy atom. The molecule has 8 nitrogen and oxygen atoms in total. The van der Waals surface area contributed by atoms with Crippen molar-refractivity contribution in [3.63, 3.8) is 0 Å². The Hall–Kier alpha value is -3.73. The lowest BCUT2D eigenvalue weighted by molar-refractivity contribution is -0.384. The van der Waals surface area contributed by atoms with E-state index < -0.39 is 10.8 Å². The summed E-state index contributed by atoms with van der Waals surface area (Å²) >= 11 is 0. The second-order valence-electron chi connectivity index (χ2n) is 4.49. The van der Waals surface area contributed by atoms with Crippen molar-refractivity contribution in [1.82, 2.24) is 5.43 Å².